The number of carbonyl (C=O) groups excluding carboxylic acids is 2. The molecule has 0 unspecified atom stereocenters. The van der Waals surface area contributed by atoms with Gasteiger partial charge < -0.3 is 21.5 Å². The molecule has 128 valence electrons. The van der Waals surface area contributed by atoms with Crippen molar-refractivity contribution in [2.75, 3.05) is 17.6 Å². The number of benzene rings is 2. The number of aliphatic carboxylic acids is 1. The first-order valence-electron chi connectivity index (χ1n) is 7.39. The lowest BCUT2D eigenvalue weighted by molar-refractivity contribution is -0.135. The number of nitrogens with two attached hydrogens (primary N) is 1. The second-order valence-corrected chi connectivity index (χ2v) is 5.14. The zero-order valence-electron chi connectivity index (χ0n) is 13.2. The lowest BCUT2D eigenvalue weighted by Gasteiger charge is -2.05. The zero-order valence-corrected chi connectivity index (χ0v) is 13.2. The molecule has 2 rings (SSSR count). The number of amides is 2. The van der Waals surface area contributed by atoms with E-state index in [1.165, 1.54) is 18.2 Å². The normalized spacial score (nSPS) is 10.4. The van der Waals surface area contributed by atoms with Gasteiger partial charge in [0.25, 0.3) is 5.91 Å². The van der Waals surface area contributed by atoms with Crippen LogP contribution in [0.2, 0.25) is 0 Å². The highest BCUT2D eigenvalue weighted by molar-refractivity contribution is 6.02. The summed E-state index contributed by atoms with van der Waals surface area (Å²) >= 11 is 0. The van der Waals surface area contributed by atoms with E-state index in [1.54, 1.807) is 42.5 Å². The van der Waals surface area contributed by atoms with Crippen LogP contribution in [0.25, 0.3) is 6.08 Å². The molecule has 0 aliphatic heterocycles. The Hall–Kier alpha value is -3.61. The van der Waals surface area contributed by atoms with Crippen LogP contribution >= 0.6 is 0 Å². The van der Waals surface area contributed by atoms with Crippen molar-refractivity contribution in [1.29, 1.82) is 0 Å². The Bertz CT molecular complexity index is 796. The Morgan fingerprint density at radius 2 is 1.64 bits per heavy atom. The van der Waals surface area contributed by atoms with Gasteiger partial charge in [0, 0.05) is 23.0 Å². The number of carboxylic acids is 1. The average Bonchev–Trinajstić information content (AvgIpc) is 2.60. The third-order valence-corrected chi connectivity index (χ3v) is 3.18. The van der Waals surface area contributed by atoms with Gasteiger partial charge in [-0.15, -0.1) is 0 Å². The molecular formula is C18H17N3O4. The molecule has 2 aromatic rings. The van der Waals surface area contributed by atoms with Crippen molar-refractivity contribution in [3.05, 3.63) is 65.7 Å². The molecule has 0 saturated carbocycles. The summed E-state index contributed by atoms with van der Waals surface area (Å²) in [5, 5.41) is 13.4. The Labute approximate surface area is 144 Å². The first kappa shape index (κ1) is 17.7. The minimum atomic E-state index is -1.12. The molecule has 2 amide bonds. The van der Waals surface area contributed by atoms with Crippen molar-refractivity contribution in [3.8, 4) is 0 Å². The van der Waals surface area contributed by atoms with Crippen LogP contribution in [0, 0.1) is 0 Å². The number of hydrogen-bond acceptors (Lipinski definition) is 4. The largest absolute Gasteiger partial charge is 0.480 e. The number of nitrogens with one attached hydrogen (secondary N) is 2. The van der Waals surface area contributed by atoms with Crippen molar-refractivity contribution in [2.45, 2.75) is 0 Å². The molecule has 7 nitrogen and oxygen atoms in total. The minimum absolute atomic E-state index is 0.302. The fourth-order valence-corrected chi connectivity index (χ4v) is 1.93. The standard InChI is InChI=1S/C18H17N3O4/c19-14-6-1-12(2-7-14)3-10-16(22)21-15-8-4-13(5-9-15)18(25)20-11-17(23)24/h1-10H,11,19H2,(H,20,25)(H,21,22)(H,23,24)/b10-3+. The predicted octanol–water partition coefficient (Wildman–Crippen LogP) is 1.74. The molecule has 7 heteroatoms. The second-order valence-electron chi connectivity index (χ2n) is 5.14. The Morgan fingerprint density at radius 1 is 1.00 bits per heavy atom. The molecule has 0 atom stereocenters. The summed E-state index contributed by atoms with van der Waals surface area (Å²) in [5.74, 6) is -1.94. The van der Waals surface area contributed by atoms with Crippen LogP contribution in [-0.2, 0) is 9.59 Å². The lowest BCUT2D eigenvalue weighted by Crippen LogP contribution is -2.29. The molecule has 0 heterocycles. The van der Waals surface area contributed by atoms with Gasteiger partial charge in [0.1, 0.15) is 6.54 Å². The molecule has 0 bridgehead atoms. The highest BCUT2D eigenvalue weighted by Gasteiger charge is 2.07. The third-order valence-electron chi connectivity index (χ3n) is 3.18. The molecule has 5 N–H and O–H groups in total. The van der Waals surface area contributed by atoms with Gasteiger partial charge in [-0.1, -0.05) is 12.1 Å². The average molecular weight is 339 g/mol. The quantitative estimate of drug-likeness (QED) is 0.472. The Kier molecular flexibility index (Phi) is 5.89. The molecule has 0 aliphatic rings. The maximum absolute atomic E-state index is 11.9. The summed E-state index contributed by atoms with van der Waals surface area (Å²) in [6, 6.07) is 13.2. The highest BCUT2D eigenvalue weighted by Crippen LogP contribution is 2.11. The van der Waals surface area contributed by atoms with Crippen molar-refractivity contribution in [2.24, 2.45) is 0 Å². The third kappa shape index (κ3) is 5.83. The van der Waals surface area contributed by atoms with Crippen LogP contribution in [0.1, 0.15) is 15.9 Å². The van der Waals surface area contributed by atoms with Crippen molar-refractivity contribution < 1.29 is 19.5 Å². The summed E-state index contributed by atoms with van der Waals surface area (Å²) in [6.07, 6.45) is 3.04. The molecule has 0 saturated heterocycles. The topological polar surface area (TPSA) is 122 Å². The minimum Gasteiger partial charge on any atom is -0.480 e. The van der Waals surface area contributed by atoms with Gasteiger partial charge in [0.15, 0.2) is 0 Å². The summed E-state index contributed by atoms with van der Waals surface area (Å²) in [7, 11) is 0. The smallest absolute Gasteiger partial charge is 0.322 e. The van der Waals surface area contributed by atoms with E-state index < -0.39 is 18.4 Å². The molecule has 0 spiro atoms. The lowest BCUT2D eigenvalue weighted by atomic mass is 10.2. The summed E-state index contributed by atoms with van der Waals surface area (Å²) in [5.41, 5.74) is 7.90. The number of carboxylic acid groups (broad SMARTS) is 1. The van der Waals surface area contributed by atoms with Crippen molar-refractivity contribution >= 4 is 35.2 Å². The van der Waals surface area contributed by atoms with E-state index in [9.17, 15) is 14.4 Å². The SMILES string of the molecule is Nc1ccc(/C=C/C(=O)Nc2ccc(C(=O)NCC(=O)O)cc2)cc1. The fraction of sp³-hybridized carbons (Fsp3) is 0.0556. The fourth-order valence-electron chi connectivity index (χ4n) is 1.93. The van der Waals surface area contributed by atoms with Crippen molar-refractivity contribution in [3.63, 3.8) is 0 Å². The van der Waals surface area contributed by atoms with E-state index in [1.807, 2.05) is 0 Å². The molecule has 2 aromatic carbocycles. The van der Waals surface area contributed by atoms with Crippen LogP contribution in [-0.4, -0.2) is 29.4 Å². The summed E-state index contributed by atoms with van der Waals surface area (Å²) < 4.78 is 0. The maximum Gasteiger partial charge on any atom is 0.322 e. The number of nitrogen functional groups attached to an aromatic ring is 1. The molecule has 0 radical (unpaired) electrons. The molecule has 0 aliphatic carbocycles. The second kappa shape index (κ2) is 8.30. The zero-order chi connectivity index (χ0) is 18.2. The first-order valence-corrected chi connectivity index (χ1v) is 7.39. The van der Waals surface area contributed by atoms with Gasteiger partial charge in [-0.3, -0.25) is 14.4 Å². The van der Waals surface area contributed by atoms with E-state index in [4.69, 9.17) is 10.8 Å². The van der Waals surface area contributed by atoms with Gasteiger partial charge in [0.2, 0.25) is 5.91 Å². The number of anilines is 2. The van der Waals surface area contributed by atoms with Crippen LogP contribution in [0.4, 0.5) is 11.4 Å². The number of rotatable bonds is 6. The van der Waals surface area contributed by atoms with Crippen LogP contribution in [0.3, 0.4) is 0 Å². The Balaban J connectivity index is 1.91. The Morgan fingerprint density at radius 3 is 2.24 bits per heavy atom. The first-order chi connectivity index (χ1) is 11.9. The monoisotopic (exact) mass is 339 g/mol. The highest BCUT2D eigenvalue weighted by atomic mass is 16.4. The summed E-state index contributed by atoms with van der Waals surface area (Å²) in [4.78, 5) is 34.0. The molecule has 0 aromatic heterocycles. The van der Waals surface area contributed by atoms with Crippen molar-refractivity contribution in [1.82, 2.24) is 5.32 Å². The van der Waals surface area contributed by atoms with Gasteiger partial charge in [-0.25, -0.2) is 0 Å². The number of carbonyl (C=O) groups is 3. The van der Waals surface area contributed by atoms with Crippen LogP contribution < -0.4 is 16.4 Å². The molecule has 0 fully saturated rings. The van der Waals surface area contributed by atoms with Crippen LogP contribution in [0.15, 0.2) is 54.6 Å². The van der Waals surface area contributed by atoms with Gasteiger partial charge in [0.05, 0.1) is 0 Å². The van der Waals surface area contributed by atoms with E-state index in [2.05, 4.69) is 10.6 Å². The van der Waals surface area contributed by atoms with Gasteiger partial charge >= 0.3 is 5.97 Å². The van der Waals surface area contributed by atoms with Gasteiger partial charge in [-0.2, -0.15) is 0 Å². The van der Waals surface area contributed by atoms with Gasteiger partial charge in [-0.05, 0) is 48.0 Å². The van der Waals surface area contributed by atoms with E-state index in [0.717, 1.165) is 5.56 Å². The molecule has 25 heavy (non-hydrogen) atoms. The van der Waals surface area contributed by atoms with E-state index in [0.29, 0.717) is 16.9 Å². The number of hydrogen-bond donors (Lipinski definition) is 4. The predicted molar refractivity (Wildman–Crippen MR) is 94.9 cm³/mol. The van der Waals surface area contributed by atoms with E-state index >= 15 is 0 Å². The summed E-state index contributed by atoms with van der Waals surface area (Å²) in [6.45, 7) is -0.451. The van der Waals surface area contributed by atoms with E-state index in [-0.39, 0.29) is 5.91 Å². The maximum atomic E-state index is 11.9. The molecular weight excluding hydrogens is 322 g/mol. The van der Waals surface area contributed by atoms with Crippen LogP contribution in [0.5, 0.6) is 0 Å².